The molecule has 0 aliphatic heterocycles. The molecule has 1 aliphatic carbocycles. The zero-order valence-electron chi connectivity index (χ0n) is 10.5. The Balaban J connectivity index is 1.84. The van der Waals surface area contributed by atoms with E-state index in [-0.39, 0.29) is 11.8 Å². The molecule has 2 rings (SSSR count). The van der Waals surface area contributed by atoms with Crippen molar-refractivity contribution in [3.8, 4) is 0 Å². The second-order valence-electron chi connectivity index (χ2n) is 4.41. The Morgan fingerprint density at radius 1 is 1.47 bits per heavy atom. The summed E-state index contributed by atoms with van der Waals surface area (Å²) in [7, 11) is 0. The number of anilines is 1. The van der Waals surface area contributed by atoms with Crippen LogP contribution in [0.4, 0.5) is 9.52 Å². The number of rotatable bonds is 5. The zero-order chi connectivity index (χ0) is 13.7. The molecule has 1 heterocycles. The molecule has 104 valence electrons. The van der Waals surface area contributed by atoms with E-state index in [2.05, 4.69) is 22.1 Å². The van der Waals surface area contributed by atoms with Crippen molar-refractivity contribution < 1.29 is 9.18 Å². The van der Waals surface area contributed by atoms with E-state index in [1.165, 1.54) is 23.1 Å². The van der Waals surface area contributed by atoms with Crippen molar-refractivity contribution in [2.24, 2.45) is 5.92 Å². The SMILES string of the molecule is C=CCSc1nnc(NC(=O)C2CCC(F)CC2)s1. The Morgan fingerprint density at radius 3 is 2.89 bits per heavy atom. The zero-order valence-corrected chi connectivity index (χ0v) is 12.1. The second-order valence-corrected chi connectivity index (χ2v) is 6.66. The largest absolute Gasteiger partial charge is 0.300 e. The normalized spacial score (nSPS) is 23.0. The highest BCUT2D eigenvalue weighted by Crippen LogP contribution is 2.29. The van der Waals surface area contributed by atoms with E-state index in [1.54, 1.807) is 6.08 Å². The standard InChI is InChI=1S/C12H16FN3OS2/c1-2-7-18-12-16-15-11(19-12)14-10(17)8-3-5-9(13)6-4-8/h2,8-9H,1,3-7H2,(H,14,15,17). The summed E-state index contributed by atoms with van der Waals surface area (Å²) < 4.78 is 13.8. The van der Waals surface area contributed by atoms with E-state index in [9.17, 15) is 9.18 Å². The maximum Gasteiger partial charge on any atom is 0.229 e. The predicted molar refractivity (Wildman–Crippen MR) is 76.3 cm³/mol. The molecule has 0 atom stereocenters. The van der Waals surface area contributed by atoms with Crippen LogP contribution in [0.5, 0.6) is 0 Å². The third-order valence-electron chi connectivity index (χ3n) is 2.99. The Labute approximate surface area is 119 Å². The summed E-state index contributed by atoms with van der Waals surface area (Å²) in [4.78, 5) is 12.0. The average molecular weight is 301 g/mol. The van der Waals surface area contributed by atoms with Gasteiger partial charge in [-0.1, -0.05) is 29.2 Å². The quantitative estimate of drug-likeness (QED) is 0.515. The predicted octanol–water partition coefficient (Wildman–Crippen LogP) is 3.28. The van der Waals surface area contributed by atoms with Gasteiger partial charge in [-0.15, -0.1) is 16.8 Å². The minimum atomic E-state index is -0.743. The first-order valence-electron chi connectivity index (χ1n) is 6.21. The van der Waals surface area contributed by atoms with Crippen molar-refractivity contribution in [2.75, 3.05) is 11.1 Å². The van der Waals surface area contributed by atoms with Crippen LogP contribution in [0.2, 0.25) is 0 Å². The Bertz CT molecular complexity index is 444. The number of thioether (sulfide) groups is 1. The number of hydrogen-bond acceptors (Lipinski definition) is 5. The lowest BCUT2D eigenvalue weighted by Gasteiger charge is -2.22. The summed E-state index contributed by atoms with van der Waals surface area (Å²) in [5.41, 5.74) is 0. The first-order chi connectivity index (χ1) is 9.19. The summed E-state index contributed by atoms with van der Waals surface area (Å²) >= 11 is 2.88. The summed E-state index contributed by atoms with van der Waals surface area (Å²) in [6.45, 7) is 3.63. The Hall–Kier alpha value is -0.950. The van der Waals surface area contributed by atoms with Gasteiger partial charge < -0.3 is 5.32 Å². The summed E-state index contributed by atoms with van der Waals surface area (Å²) in [6.07, 6.45) is 3.24. The lowest BCUT2D eigenvalue weighted by Crippen LogP contribution is -2.27. The van der Waals surface area contributed by atoms with Gasteiger partial charge in [0.05, 0.1) is 0 Å². The minimum Gasteiger partial charge on any atom is -0.300 e. The van der Waals surface area contributed by atoms with Gasteiger partial charge in [0.1, 0.15) is 6.17 Å². The monoisotopic (exact) mass is 301 g/mol. The highest BCUT2D eigenvalue weighted by molar-refractivity contribution is 8.01. The maximum atomic E-state index is 13.0. The van der Waals surface area contributed by atoms with Crippen LogP contribution in [0.3, 0.4) is 0 Å². The van der Waals surface area contributed by atoms with Gasteiger partial charge in [-0.05, 0) is 25.7 Å². The number of nitrogens with one attached hydrogen (secondary N) is 1. The molecular formula is C12H16FN3OS2. The smallest absolute Gasteiger partial charge is 0.229 e. The van der Waals surface area contributed by atoms with Gasteiger partial charge >= 0.3 is 0 Å². The van der Waals surface area contributed by atoms with Crippen LogP contribution in [0.1, 0.15) is 25.7 Å². The number of amides is 1. The van der Waals surface area contributed by atoms with Crippen LogP contribution in [-0.2, 0) is 4.79 Å². The topological polar surface area (TPSA) is 54.9 Å². The van der Waals surface area contributed by atoms with Crippen molar-refractivity contribution in [2.45, 2.75) is 36.2 Å². The van der Waals surface area contributed by atoms with Crippen molar-refractivity contribution in [3.63, 3.8) is 0 Å². The van der Waals surface area contributed by atoms with E-state index >= 15 is 0 Å². The first-order valence-corrected chi connectivity index (χ1v) is 8.01. The number of carbonyl (C=O) groups is 1. The molecule has 0 saturated heterocycles. The van der Waals surface area contributed by atoms with Gasteiger partial charge in [0.15, 0.2) is 4.34 Å². The van der Waals surface area contributed by atoms with Crippen LogP contribution in [0, 0.1) is 5.92 Å². The van der Waals surface area contributed by atoms with Crippen LogP contribution in [-0.4, -0.2) is 28.0 Å². The molecule has 0 unspecified atom stereocenters. The second kappa shape index (κ2) is 7.00. The van der Waals surface area contributed by atoms with E-state index in [0.29, 0.717) is 30.8 Å². The summed E-state index contributed by atoms with van der Waals surface area (Å²) in [5, 5.41) is 11.2. The van der Waals surface area contributed by atoms with Crippen molar-refractivity contribution in [1.29, 1.82) is 0 Å². The molecular weight excluding hydrogens is 285 g/mol. The fourth-order valence-corrected chi connectivity index (χ4v) is 3.49. The maximum absolute atomic E-state index is 13.0. The molecule has 1 amide bonds. The first kappa shape index (κ1) is 14.5. The minimum absolute atomic E-state index is 0.0664. The summed E-state index contributed by atoms with van der Waals surface area (Å²) in [5.74, 6) is 0.604. The Morgan fingerprint density at radius 2 is 2.21 bits per heavy atom. The molecule has 1 N–H and O–H groups in total. The molecule has 0 radical (unpaired) electrons. The van der Waals surface area contributed by atoms with Crippen molar-refractivity contribution >= 4 is 34.1 Å². The van der Waals surface area contributed by atoms with Crippen molar-refractivity contribution in [1.82, 2.24) is 10.2 Å². The van der Waals surface area contributed by atoms with Gasteiger partial charge in [-0.3, -0.25) is 4.79 Å². The van der Waals surface area contributed by atoms with Crippen LogP contribution < -0.4 is 5.32 Å². The molecule has 4 nitrogen and oxygen atoms in total. The summed E-state index contributed by atoms with van der Waals surface area (Å²) in [6, 6.07) is 0. The lowest BCUT2D eigenvalue weighted by molar-refractivity contribution is -0.121. The van der Waals surface area contributed by atoms with Gasteiger partial charge in [0.25, 0.3) is 0 Å². The Kier molecular flexibility index (Phi) is 5.33. The fourth-order valence-electron chi connectivity index (χ4n) is 1.97. The number of alkyl halides is 1. The van der Waals surface area contributed by atoms with Gasteiger partial charge in [0.2, 0.25) is 11.0 Å². The molecule has 0 bridgehead atoms. The average Bonchev–Trinajstić information content (AvgIpc) is 2.84. The lowest BCUT2D eigenvalue weighted by atomic mass is 9.87. The molecule has 1 fully saturated rings. The van der Waals surface area contributed by atoms with E-state index in [4.69, 9.17) is 0 Å². The van der Waals surface area contributed by atoms with Crippen LogP contribution in [0.25, 0.3) is 0 Å². The molecule has 0 aromatic carbocycles. The molecule has 1 aliphatic rings. The number of hydrogen-bond donors (Lipinski definition) is 1. The number of carbonyl (C=O) groups excluding carboxylic acids is 1. The van der Waals surface area contributed by atoms with Gasteiger partial charge in [-0.25, -0.2) is 4.39 Å². The third-order valence-corrected chi connectivity index (χ3v) is 4.96. The molecule has 1 aromatic rings. The van der Waals surface area contributed by atoms with E-state index in [1.807, 2.05) is 0 Å². The van der Waals surface area contributed by atoms with Crippen LogP contribution in [0.15, 0.2) is 17.0 Å². The molecule has 1 aromatic heterocycles. The molecule has 19 heavy (non-hydrogen) atoms. The third kappa shape index (κ3) is 4.28. The van der Waals surface area contributed by atoms with E-state index in [0.717, 1.165) is 10.1 Å². The number of nitrogens with zero attached hydrogens (tertiary/aromatic N) is 2. The molecule has 0 spiro atoms. The van der Waals surface area contributed by atoms with Crippen molar-refractivity contribution in [3.05, 3.63) is 12.7 Å². The van der Waals surface area contributed by atoms with Gasteiger partial charge in [-0.2, -0.15) is 0 Å². The fraction of sp³-hybridized carbons (Fsp3) is 0.583. The molecule has 1 saturated carbocycles. The highest BCUT2D eigenvalue weighted by Gasteiger charge is 2.26. The number of aromatic nitrogens is 2. The highest BCUT2D eigenvalue weighted by atomic mass is 32.2. The van der Waals surface area contributed by atoms with E-state index < -0.39 is 6.17 Å². The van der Waals surface area contributed by atoms with Gasteiger partial charge in [0, 0.05) is 11.7 Å². The van der Waals surface area contributed by atoms with Crippen LogP contribution >= 0.6 is 23.1 Å². The molecule has 7 heteroatoms. The number of halogens is 1.